The average molecular weight is 464 g/mol. The number of carbonyl (C=O) groups is 2. The summed E-state index contributed by atoms with van der Waals surface area (Å²) >= 11 is 0. The smallest absolute Gasteiger partial charge is 0.329 e. The third-order valence-electron chi connectivity index (χ3n) is 3.55. The quantitative estimate of drug-likeness (QED) is 0.225. The van der Waals surface area contributed by atoms with Crippen LogP contribution in [-0.2, 0) is 42.8 Å². The number of aliphatic carboxylic acids is 1. The number of carboxylic acid groups (broad SMARTS) is 1. The summed E-state index contributed by atoms with van der Waals surface area (Å²) in [4.78, 5) is 21.6. The molecule has 0 fully saturated rings. The van der Waals surface area contributed by atoms with Crippen LogP contribution < -0.4 is 5.32 Å². The average Bonchev–Trinajstić information content (AvgIpc) is 2.71. The van der Waals surface area contributed by atoms with Gasteiger partial charge in [-0.15, -0.1) is 0 Å². The van der Waals surface area contributed by atoms with Crippen LogP contribution in [0.4, 0.5) is 0 Å². The van der Waals surface area contributed by atoms with E-state index in [2.05, 4.69) is 10.1 Å². The Bertz CT molecular complexity index is 751. The molecule has 1 aromatic carbocycles. The molecular weight excluding hydrogens is 434 g/mol. The van der Waals surface area contributed by atoms with Crippen LogP contribution in [0.25, 0.3) is 0 Å². The Kier molecular flexibility index (Phi) is 13.6. The second-order valence-corrected chi connectivity index (χ2v) is 7.78. The van der Waals surface area contributed by atoms with E-state index in [4.69, 9.17) is 23.5 Å². The molecular formula is C19H29NO10S. The first kappa shape index (κ1) is 26.9. The highest BCUT2D eigenvalue weighted by molar-refractivity contribution is 7.86. The van der Waals surface area contributed by atoms with Gasteiger partial charge in [0.25, 0.3) is 10.1 Å². The molecule has 0 aliphatic heterocycles. The summed E-state index contributed by atoms with van der Waals surface area (Å²) in [7, 11) is -3.79. The number of hydrogen-bond donors (Lipinski definition) is 2. The molecule has 0 radical (unpaired) electrons. The van der Waals surface area contributed by atoms with Crippen LogP contribution in [0.3, 0.4) is 0 Å². The number of benzene rings is 1. The molecule has 0 heterocycles. The minimum absolute atomic E-state index is 0.0909. The van der Waals surface area contributed by atoms with Gasteiger partial charge in [-0.1, -0.05) is 17.7 Å². The number of carbonyl (C=O) groups excluding carboxylic acids is 1. The lowest BCUT2D eigenvalue weighted by molar-refractivity contribution is -0.143. The predicted octanol–water partition coefficient (Wildman–Crippen LogP) is -0.0325. The maximum absolute atomic E-state index is 12.0. The molecule has 0 aromatic heterocycles. The van der Waals surface area contributed by atoms with Crippen LogP contribution in [0.1, 0.15) is 5.56 Å². The molecule has 0 saturated heterocycles. The second-order valence-electron chi connectivity index (χ2n) is 6.16. The summed E-state index contributed by atoms with van der Waals surface area (Å²) in [6.45, 7) is 2.83. The Labute approximate surface area is 181 Å². The zero-order valence-corrected chi connectivity index (χ0v) is 18.2. The number of rotatable bonds is 18. The number of hydrogen-bond acceptors (Lipinski definition) is 9. The van der Waals surface area contributed by atoms with Gasteiger partial charge in [-0.2, -0.15) is 8.42 Å². The number of amides is 1. The summed E-state index contributed by atoms with van der Waals surface area (Å²) < 4.78 is 49.3. The summed E-state index contributed by atoms with van der Waals surface area (Å²) in [5, 5.41) is 10.9. The molecule has 0 atom stereocenters. The molecule has 31 heavy (non-hydrogen) atoms. The van der Waals surface area contributed by atoms with Gasteiger partial charge >= 0.3 is 5.97 Å². The van der Waals surface area contributed by atoms with Crippen LogP contribution in [0, 0.1) is 6.92 Å². The molecule has 0 saturated carbocycles. The lowest BCUT2D eigenvalue weighted by Gasteiger charge is -2.08. The summed E-state index contributed by atoms with van der Waals surface area (Å²) in [5.74, 6) is -1.56. The van der Waals surface area contributed by atoms with Gasteiger partial charge in [0.15, 0.2) is 0 Å². The fourth-order valence-electron chi connectivity index (χ4n) is 2.06. The van der Waals surface area contributed by atoms with Crippen molar-refractivity contribution in [1.82, 2.24) is 5.32 Å². The Balaban J connectivity index is 1.90. The van der Waals surface area contributed by atoms with E-state index < -0.39 is 28.6 Å². The first-order valence-corrected chi connectivity index (χ1v) is 11.0. The van der Waals surface area contributed by atoms with Gasteiger partial charge in [-0.25, -0.2) is 4.79 Å². The lowest BCUT2D eigenvalue weighted by atomic mass is 10.2. The van der Waals surface area contributed by atoms with Crippen molar-refractivity contribution < 1.29 is 46.2 Å². The Morgan fingerprint density at radius 1 is 0.839 bits per heavy atom. The highest BCUT2D eigenvalue weighted by Crippen LogP contribution is 2.12. The van der Waals surface area contributed by atoms with Crippen molar-refractivity contribution in [2.24, 2.45) is 0 Å². The first-order valence-electron chi connectivity index (χ1n) is 9.57. The minimum atomic E-state index is -3.79. The molecule has 0 aliphatic rings. The molecule has 176 valence electrons. The van der Waals surface area contributed by atoms with E-state index >= 15 is 0 Å². The molecule has 1 aromatic rings. The molecule has 0 aliphatic carbocycles. The van der Waals surface area contributed by atoms with Crippen LogP contribution in [0.5, 0.6) is 0 Å². The van der Waals surface area contributed by atoms with Gasteiger partial charge in [-0.3, -0.25) is 8.98 Å². The van der Waals surface area contributed by atoms with E-state index in [-0.39, 0.29) is 44.5 Å². The normalized spacial score (nSPS) is 11.4. The van der Waals surface area contributed by atoms with Gasteiger partial charge in [0.1, 0.15) is 13.2 Å². The first-order chi connectivity index (χ1) is 14.8. The Morgan fingerprint density at radius 3 is 1.97 bits per heavy atom. The van der Waals surface area contributed by atoms with E-state index in [0.717, 1.165) is 5.56 Å². The fourth-order valence-corrected chi connectivity index (χ4v) is 2.96. The third-order valence-corrected chi connectivity index (χ3v) is 4.87. The van der Waals surface area contributed by atoms with Crippen molar-refractivity contribution >= 4 is 22.0 Å². The van der Waals surface area contributed by atoms with E-state index in [0.29, 0.717) is 19.8 Å². The maximum atomic E-state index is 12.0. The van der Waals surface area contributed by atoms with Crippen LogP contribution in [0.2, 0.25) is 0 Å². The Morgan fingerprint density at radius 2 is 1.39 bits per heavy atom. The highest BCUT2D eigenvalue weighted by atomic mass is 32.2. The van der Waals surface area contributed by atoms with Crippen LogP contribution >= 0.6 is 0 Å². The molecule has 1 rings (SSSR count). The third kappa shape index (κ3) is 13.8. The van der Waals surface area contributed by atoms with E-state index in [1.807, 2.05) is 6.92 Å². The second kappa shape index (κ2) is 15.7. The number of ether oxygens (including phenoxy) is 4. The Hall–Kier alpha value is -2.09. The van der Waals surface area contributed by atoms with Crippen molar-refractivity contribution in [3.8, 4) is 0 Å². The predicted molar refractivity (Wildman–Crippen MR) is 108 cm³/mol. The summed E-state index contributed by atoms with van der Waals surface area (Å²) in [6, 6.07) is 6.38. The van der Waals surface area contributed by atoms with Gasteiger partial charge in [0.05, 0.1) is 51.1 Å². The molecule has 2 N–H and O–H groups in total. The van der Waals surface area contributed by atoms with Gasteiger partial charge in [0.2, 0.25) is 5.91 Å². The SMILES string of the molecule is Cc1ccc(S(=O)(=O)OCCOCCOCCOCCNC(=O)COCC(=O)O)cc1. The van der Waals surface area contributed by atoms with Gasteiger partial charge in [-0.05, 0) is 19.1 Å². The monoisotopic (exact) mass is 463 g/mol. The topological polar surface area (TPSA) is 147 Å². The zero-order chi connectivity index (χ0) is 23.0. The van der Waals surface area contributed by atoms with Crippen molar-refractivity contribution in [3.05, 3.63) is 29.8 Å². The highest BCUT2D eigenvalue weighted by Gasteiger charge is 2.14. The van der Waals surface area contributed by atoms with Crippen molar-refractivity contribution in [3.63, 3.8) is 0 Å². The van der Waals surface area contributed by atoms with Gasteiger partial charge in [0, 0.05) is 6.54 Å². The molecule has 0 spiro atoms. The molecule has 0 unspecified atom stereocenters. The number of aryl methyl sites for hydroxylation is 1. The van der Waals surface area contributed by atoms with Crippen LogP contribution in [0.15, 0.2) is 29.2 Å². The minimum Gasteiger partial charge on any atom is -0.480 e. The van der Waals surface area contributed by atoms with Crippen molar-refractivity contribution in [1.29, 1.82) is 0 Å². The van der Waals surface area contributed by atoms with E-state index in [1.165, 1.54) is 12.1 Å². The molecule has 0 bridgehead atoms. The standard InChI is InChI=1S/C19H29NO10S/c1-16-2-4-17(5-3-16)31(24,25)30-13-12-28-11-10-27-9-8-26-7-6-20-18(21)14-29-15-19(22)23/h2-5H,6-15H2,1H3,(H,20,21)(H,22,23). The summed E-state index contributed by atoms with van der Waals surface area (Å²) in [6.07, 6.45) is 0. The van der Waals surface area contributed by atoms with Crippen molar-refractivity contribution in [2.45, 2.75) is 11.8 Å². The largest absolute Gasteiger partial charge is 0.480 e. The number of carboxylic acids is 1. The maximum Gasteiger partial charge on any atom is 0.329 e. The zero-order valence-electron chi connectivity index (χ0n) is 17.4. The van der Waals surface area contributed by atoms with Gasteiger partial charge < -0.3 is 29.4 Å². The van der Waals surface area contributed by atoms with Crippen molar-refractivity contribution in [2.75, 3.05) is 66.0 Å². The number of nitrogens with one attached hydrogen (secondary N) is 1. The van der Waals surface area contributed by atoms with Crippen LogP contribution in [-0.4, -0.2) is 91.4 Å². The molecule has 11 nitrogen and oxygen atoms in total. The summed E-state index contributed by atoms with van der Waals surface area (Å²) in [5.41, 5.74) is 0.958. The van der Waals surface area contributed by atoms with E-state index in [1.54, 1.807) is 12.1 Å². The molecule has 1 amide bonds. The lowest BCUT2D eigenvalue weighted by Crippen LogP contribution is -2.31. The fraction of sp³-hybridized carbons (Fsp3) is 0.579. The molecule has 12 heteroatoms. The van der Waals surface area contributed by atoms with E-state index in [9.17, 15) is 18.0 Å².